The number of azide groups is 1. The first-order valence-electron chi connectivity index (χ1n) is 3.93. The molecule has 0 aromatic carbocycles. The first-order valence-corrected chi connectivity index (χ1v) is 3.93. The summed E-state index contributed by atoms with van der Waals surface area (Å²) in [7, 11) is 0. The second-order valence-corrected chi connectivity index (χ2v) is 3.31. The SMILES string of the molecule is CC1(N=[N+]=[N-])CCCCC1O. The van der Waals surface area contributed by atoms with Crippen molar-refractivity contribution in [1.82, 2.24) is 0 Å². The zero-order valence-electron chi connectivity index (χ0n) is 6.69. The summed E-state index contributed by atoms with van der Waals surface area (Å²) in [4.78, 5) is 2.75. The lowest BCUT2D eigenvalue weighted by Crippen LogP contribution is -2.39. The summed E-state index contributed by atoms with van der Waals surface area (Å²) in [5.74, 6) is 0. The smallest absolute Gasteiger partial charge is 0.0718 e. The fourth-order valence-electron chi connectivity index (χ4n) is 1.52. The molecule has 1 fully saturated rings. The normalized spacial score (nSPS) is 37.8. The highest BCUT2D eigenvalue weighted by Gasteiger charge is 2.34. The minimum absolute atomic E-state index is 0.452. The summed E-state index contributed by atoms with van der Waals surface area (Å²) in [6, 6.07) is 0. The summed E-state index contributed by atoms with van der Waals surface area (Å²) in [5, 5.41) is 13.1. The molecule has 0 radical (unpaired) electrons. The summed E-state index contributed by atoms with van der Waals surface area (Å²) in [6.07, 6.45) is 3.20. The van der Waals surface area contributed by atoms with Crippen molar-refractivity contribution in [1.29, 1.82) is 0 Å². The lowest BCUT2D eigenvalue weighted by atomic mass is 9.81. The van der Waals surface area contributed by atoms with E-state index in [1.807, 2.05) is 6.92 Å². The van der Waals surface area contributed by atoms with Crippen molar-refractivity contribution in [3.63, 3.8) is 0 Å². The van der Waals surface area contributed by atoms with Crippen LogP contribution in [0.4, 0.5) is 0 Å². The van der Waals surface area contributed by atoms with E-state index < -0.39 is 11.6 Å². The Labute approximate surface area is 65.9 Å². The topological polar surface area (TPSA) is 69.0 Å². The van der Waals surface area contributed by atoms with Crippen LogP contribution in [-0.4, -0.2) is 16.7 Å². The molecule has 1 saturated carbocycles. The quantitative estimate of drug-likeness (QED) is 0.351. The molecular formula is C7H13N3O. The summed E-state index contributed by atoms with van der Waals surface area (Å²) >= 11 is 0. The predicted octanol–water partition coefficient (Wildman–Crippen LogP) is 1.99. The fourth-order valence-corrected chi connectivity index (χ4v) is 1.52. The molecule has 11 heavy (non-hydrogen) atoms. The molecule has 1 aliphatic rings. The Morgan fingerprint density at radius 3 is 2.91 bits per heavy atom. The molecule has 0 aliphatic heterocycles. The molecule has 0 aromatic rings. The van der Waals surface area contributed by atoms with Crippen molar-refractivity contribution in [3.05, 3.63) is 10.4 Å². The number of hydrogen-bond acceptors (Lipinski definition) is 2. The molecule has 2 atom stereocenters. The van der Waals surface area contributed by atoms with Gasteiger partial charge in [-0.05, 0) is 18.4 Å². The Bertz CT molecular complexity index is 188. The lowest BCUT2D eigenvalue weighted by molar-refractivity contribution is 0.0574. The van der Waals surface area contributed by atoms with Gasteiger partial charge in [-0.25, -0.2) is 0 Å². The van der Waals surface area contributed by atoms with Gasteiger partial charge >= 0.3 is 0 Å². The second kappa shape index (κ2) is 3.11. The van der Waals surface area contributed by atoms with Gasteiger partial charge in [-0.3, -0.25) is 0 Å². The van der Waals surface area contributed by atoms with Gasteiger partial charge in [0, 0.05) is 4.91 Å². The van der Waals surface area contributed by atoms with Crippen LogP contribution in [0.25, 0.3) is 10.4 Å². The second-order valence-electron chi connectivity index (χ2n) is 3.31. The van der Waals surface area contributed by atoms with Gasteiger partial charge < -0.3 is 5.11 Å². The Balaban J connectivity index is 2.72. The summed E-state index contributed by atoms with van der Waals surface area (Å²) in [6.45, 7) is 1.82. The molecule has 1 aliphatic carbocycles. The summed E-state index contributed by atoms with van der Waals surface area (Å²) in [5.41, 5.74) is 7.70. The largest absolute Gasteiger partial charge is 0.392 e. The Hall–Kier alpha value is -0.730. The van der Waals surface area contributed by atoms with Gasteiger partial charge in [-0.2, -0.15) is 0 Å². The van der Waals surface area contributed by atoms with Gasteiger partial charge in [-0.15, -0.1) is 0 Å². The first kappa shape index (κ1) is 8.37. The average Bonchev–Trinajstić information content (AvgIpc) is 1.96. The van der Waals surface area contributed by atoms with Crippen LogP contribution >= 0.6 is 0 Å². The van der Waals surface area contributed by atoms with Crippen LogP contribution in [0.1, 0.15) is 32.6 Å². The minimum atomic E-state index is -0.549. The van der Waals surface area contributed by atoms with Crippen LogP contribution in [0, 0.1) is 0 Å². The molecule has 2 unspecified atom stereocenters. The predicted molar refractivity (Wildman–Crippen MR) is 42.0 cm³/mol. The Morgan fingerprint density at radius 2 is 2.36 bits per heavy atom. The Morgan fingerprint density at radius 1 is 1.64 bits per heavy atom. The molecule has 0 heterocycles. The van der Waals surface area contributed by atoms with E-state index in [1.54, 1.807) is 0 Å². The number of rotatable bonds is 1. The minimum Gasteiger partial charge on any atom is -0.392 e. The van der Waals surface area contributed by atoms with Crippen molar-refractivity contribution >= 4 is 0 Å². The number of aliphatic hydroxyl groups is 1. The van der Waals surface area contributed by atoms with Gasteiger partial charge in [0.15, 0.2) is 0 Å². The molecular weight excluding hydrogens is 142 g/mol. The van der Waals surface area contributed by atoms with Crippen LogP contribution < -0.4 is 0 Å². The van der Waals surface area contributed by atoms with E-state index in [0.29, 0.717) is 0 Å². The standard InChI is InChI=1S/C7H13N3O/c1-7(9-10-8)5-3-2-4-6(7)11/h6,11H,2-5H2,1H3. The maximum Gasteiger partial charge on any atom is 0.0718 e. The van der Waals surface area contributed by atoms with Crippen LogP contribution in [-0.2, 0) is 0 Å². The number of aliphatic hydroxyl groups excluding tert-OH is 1. The molecule has 0 amide bonds. The van der Waals surface area contributed by atoms with Gasteiger partial charge in [0.05, 0.1) is 11.6 Å². The van der Waals surface area contributed by atoms with E-state index in [1.165, 1.54) is 0 Å². The van der Waals surface area contributed by atoms with E-state index in [0.717, 1.165) is 25.7 Å². The van der Waals surface area contributed by atoms with Crippen LogP contribution in [0.15, 0.2) is 5.11 Å². The summed E-state index contributed by atoms with van der Waals surface area (Å²) < 4.78 is 0. The van der Waals surface area contributed by atoms with Crippen molar-refractivity contribution in [2.75, 3.05) is 0 Å². The third-order valence-electron chi connectivity index (χ3n) is 2.40. The third-order valence-corrected chi connectivity index (χ3v) is 2.40. The highest BCUT2D eigenvalue weighted by Crippen LogP contribution is 2.31. The molecule has 0 aromatic heterocycles. The molecule has 62 valence electrons. The van der Waals surface area contributed by atoms with Gasteiger partial charge in [-0.1, -0.05) is 24.9 Å². The fraction of sp³-hybridized carbons (Fsp3) is 1.00. The van der Waals surface area contributed by atoms with Crippen LogP contribution in [0.3, 0.4) is 0 Å². The van der Waals surface area contributed by atoms with E-state index in [9.17, 15) is 5.11 Å². The highest BCUT2D eigenvalue weighted by molar-refractivity contribution is 4.93. The third kappa shape index (κ3) is 1.64. The average molecular weight is 155 g/mol. The van der Waals surface area contributed by atoms with Crippen molar-refractivity contribution in [2.24, 2.45) is 5.11 Å². The molecule has 4 heteroatoms. The first-order chi connectivity index (χ1) is 5.19. The van der Waals surface area contributed by atoms with Crippen molar-refractivity contribution in [2.45, 2.75) is 44.2 Å². The van der Waals surface area contributed by atoms with Crippen LogP contribution in [0.2, 0.25) is 0 Å². The van der Waals surface area contributed by atoms with Crippen molar-refractivity contribution < 1.29 is 5.11 Å². The number of hydrogen-bond donors (Lipinski definition) is 1. The maximum atomic E-state index is 9.49. The monoisotopic (exact) mass is 155 g/mol. The molecule has 0 bridgehead atoms. The Kier molecular flexibility index (Phi) is 2.37. The molecule has 1 rings (SSSR count). The molecule has 0 saturated heterocycles. The van der Waals surface area contributed by atoms with E-state index in [2.05, 4.69) is 10.0 Å². The lowest BCUT2D eigenvalue weighted by Gasteiger charge is -2.33. The van der Waals surface area contributed by atoms with E-state index in [-0.39, 0.29) is 0 Å². The van der Waals surface area contributed by atoms with Gasteiger partial charge in [0.25, 0.3) is 0 Å². The van der Waals surface area contributed by atoms with Crippen LogP contribution in [0.5, 0.6) is 0 Å². The van der Waals surface area contributed by atoms with Gasteiger partial charge in [0.2, 0.25) is 0 Å². The maximum absolute atomic E-state index is 9.49. The zero-order valence-corrected chi connectivity index (χ0v) is 6.69. The van der Waals surface area contributed by atoms with E-state index >= 15 is 0 Å². The number of nitrogens with zero attached hydrogens (tertiary/aromatic N) is 3. The van der Waals surface area contributed by atoms with Crippen molar-refractivity contribution in [3.8, 4) is 0 Å². The molecule has 0 spiro atoms. The zero-order chi connectivity index (χ0) is 8.32. The molecule has 4 nitrogen and oxygen atoms in total. The van der Waals surface area contributed by atoms with E-state index in [4.69, 9.17) is 5.53 Å². The highest BCUT2D eigenvalue weighted by atomic mass is 16.3. The van der Waals surface area contributed by atoms with Gasteiger partial charge in [0.1, 0.15) is 0 Å². The molecule has 1 N–H and O–H groups in total.